The van der Waals surface area contributed by atoms with Crippen LogP contribution in [0.3, 0.4) is 0 Å². The van der Waals surface area contributed by atoms with Crippen molar-refractivity contribution in [3.05, 3.63) is 29.8 Å². The minimum absolute atomic E-state index is 0.0525. The number of nitrogens with one attached hydrogen (secondary N) is 1. The molecular formula is C14H20N2OS. The van der Waals surface area contributed by atoms with Crippen molar-refractivity contribution in [2.75, 3.05) is 5.75 Å². The van der Waals surface area contributed by atoms with Crippen LogP contribution in [0.5, 0.6) is 0 Å². The van der Waals surface area contributed by atoms with E-state index in [0.717, 1.165) is 12.2 Å². The zero-order valence-corrected chi connectivity index (χ0v) is 11.7. The first-order valence-corrected chi connectivity index (χ1v) is 7.36. The van der Waals surface area contributed by atoms with E-state index in [0.29, 0.717) is 0 Å². The standard InChI is InChI=1S/C14H20N2OS/c1-9(10(2)15)14(17)16-12-7-8-18-13-6-4-3-5-11(12)13/h3-6,9-10,12H,7-8,15H2,1-2H3,(H,16,17). The van der Waals surface area contributed by atoms with Crippen molar-refractivity contribution in [3.8, 4) is 0 Å². The Hall–Kier alpha value is -1.00. The van der Waals surface area contributed by atoms with Gasteiger partial charge >= 0.3 is 0 Å². The molecule has 3 N–H and O–H groups in total. The van der Waals surface area contributed by atoms with Gasteiger partial charge < -0.3 is 11.1 Å². The molecule has 1 aliphatic rings. The SMILES string of the molecule is CC(N)C(C)C(=O)NC1CCSc2ccccc21. The van der Waals surface area contributed by atoms with E-state index in [1.54, 1.807) is 0 Å². The smallest absolute Gasteiger partial charge is 0.224 e. The van der Waals surface area contributed by atoms with Gasteiger partial charge in [-0.25, -0.2) is 0 Å². The molecule has 3 nitrogen and oxygen atoms in total. The minimum Gasteiger partial charge on any atom is -0.349 e. The lowest BCUT2D eigenvalue weighted by Gasteiger charge is -2.27. The summed E-state index contributed by atoms with van der Waals surface area (Å²) < 4.78 is 0. The third kappa shape index (κ3) is 2.87. The fourth-order valence-corrected chi connectivity index (χ4v) is 3.16. The highest BCUT2D eigenvalue weighted by atomic mass is 32.2. The van der Waals surface area contributed by atoms with Crippen LogP contribution in [0.25, 0.3) is 0 Å². The van der Waals surface area contributed by atoms with Gasteiger partial charge in [-0.05, 0) is 25.0 Å². The molecule has 1 heterocycles. The number of thioether (sulfide) groups is 1. The molecule has 0 aromatic heterocycles. The monoisotopic (exact) mass is 264 g/mol. The summed E-state index contributed by atoms with van der Waals surface area (Å²) in [4.78, 5) is 13.3. The lowest BCUT2D eigenvalue weighted by atomic mass is 10.00. The lowest BCUT2D eigenvalue weighted by molar-refractivity contribution is -0.125. The Morgan fingerprint density at radius 1 is 1.44 bits per heavy atom. The molecule has 1 aromatic carbocycles. The van der Waals surface area contributed by atoms with Crippen LogP contribution in [0, 0.1) is 5.92 Å². The molecule has 1 amide bonds. The third-order valence-electron chi connectivity index (χ3n) is 3.48. The predicted octanol–water partition coefficient (Wildman–Crippen LogP) is 2.32. The van der Waals surface area contributed by atoms with E-state index in [1.165, 1.54) is 10.5 Å². The molecule has 0 spiro atoms. The molecule has 0 aliphatic carbocycles. The number of carbonyl (C=O) groups is 1. The summed E-state index contributed by atoms with van der Waals surface area (Å²) in [6.45, 7) is 3.75. The lowest BCUT2D eigenvalue weighted by Crippen LogP contribution is -2.40. The van der Waals surface area contributed by atoms with Crippen molar-refractivity contribution in [2.45, 2.75) is 37.2 Å². The Labute approximate surface area is 113 Å². The van der Waals surface area contributed by atoms with Gasteiger partial charge in [0.2, 0.25) is 5.91 Å². The first-order chi connectivity index (χ1) is 8.59. The number of rotatable bonds is 3. The zero-order valence-electron chi connectivity index (χ0n) is 10.8. The predicted molar refractivity (Wildman–Crippen MR) is 75.5 cm³/mol. The second-order valence-electron chi connectivity index (χ2n) is 4.88. The quantitative estimate of drug-likeness (QED) is 0.881. The van der Waals surface area contributed by atoms with Crippen molar-refractivity contribution in [3.63, 3.8) is 0 Å². The van der Waals surface area contributed by atoms with E-state index in [4.69, 9.17) is 5.73 Å². The van der Waals surface area contributed by atoms with Gasteiger partial charge in [-0.2, -0.15) is 0 Å². The van der Waals surface area contributed by atoms with Crippen molar-refractivity contribution < 1.29 is 4.79 Å². The molecule has 3 unspecified atom stereocenters. The van der Waals surface area contributed by atoms with E-state index in [2.05, 4.69) is 17.4 Å². The number of nitrogens with two attached hydrogens (primary N) is 1. The van der Waals surface area contributed by atoms with Gasteiger partial charge in [-0.15, -0.1) is 11.8 Å². The van der Waals surface area contributed by atoms with Crippen LogP contribution in [-0.2, 0) is 4.79 Å². The average molecular weight is 264 g/mol. The third-order valence-corrected chi connectivity index (χ3v) is 4.60. The maximum atomic E-state index is 12.1. The van der Waals surface area contributed by atoms with Crippen molar-refractivity contribution in [1.29, 1.82) is 0 Å². The van der Waals surface area contributed by atoms with E-state index >= 15 is 0 Å². The number of benzene rings is 1. The van der Waals surface area contributed by atoms with Gasteiger partial charge in [0.15, 0.2) is 0 Å². The van der Waals surface area contributed by atoms with Gasteiger partial charge in [0.1, 0.15) is 0 Å². The molecule has 1 aromatic rings. The van der Waals surface area contributed by atoms with Crippen LogP contribution in [0.1, 0.15) is 31.9 Å². The van der Waals surface area contributed by atoms with E-state index < -0.39 is 0 Å². The summed E-state index contributed by atoms with van der Waals surface area (Å²) in [5.41, 5.74) is 7.01. The van der Waals surface area contributed by atoms with Gasteiger partial charge in [0.05, 0.1) is 6.04 Å². The summed E-state index contributed by atoms with van der Waals surface area (Å²) in [6, 6.07) is 8.31. The number of hydrogen-bond donors (Lipinski definition) is 2. The summed E-state index contributed by atoms with van der Waals surface area (Å²) in [6.07, 6.45) is 0.985. The number of amides is 1. The highest BCUT2D eigenvalue weighted by Crippen LogP contribution is 2.35. The molecule has 0 radical (unpaired) electrons. The molecule has 4 heteroatoms. The van der Waals surface area contributed by atoms with Crippen molar-refractivity contribution >= 4 is 17.7 Å². The molecule has 18 heavy (non-hydrogen) atoms. The second kappa shape index (κ2) is 5.76. The minimum atomic E-state index is -0.147. The summed E-state index contributed by atoms with van der Waals surface area (Å²) in [5.74, 6) is 0.956. The number of hydrogen-bond acceptors (Lipinski definition) is 3. The van der Waals surface area contributed by atoms with Crippen molar-refractivity contribution in [1.82, 2.24) is 5.32 Å². The maximum absolute atomic E-state index is 12.1. The van der Waals surface area contributed by atoms with Crippen LogP contribution < -0.4 is 11.1 Å². The Bertz CT molecular complexity index is 434. The largest absolute Gasteiger partial charge is 0.349 e. The average Bonchev–Trinajstić information content (AvgIpc) is 2.38. The van der Waals surface area contributed by atoms with Crippen LogP contribution in [0.2, 0.25) is 0 Å². The summed E-state index contributed by atoms with van der Waals surface area (Å²) >= 11 is 1.86. The van der Waals surface area contributed by atoms with Gasteiger partial charge in [0.25, 0.3) is 0 Å². The summed E-state index contributed by atoms with van der Waals surface area (Å²) in [5, 5.41) is 3.12. The molecular weight excluding hydrogens is 244 g/mol. The van der Waals surface area contributed by atoms with Gasteiger partial charge in [-0.3, -0.25) is 4.79 Å². The summed E-state index contributed by atoms with van der Waals surface area (Å²) in [7, 11) is 0. The van der Waals surface area contributed by atoms with Crippen molar-refractivity contribution in [2.24, 2.45) is 11.7 Å². The Balaban J connectivity index is 2.10. The Morgan fingerprint density at radius 3 is 2.89 bits per heavy atom. The molecule has 0 bridgehead atoms. The second-order valence-corrected chi connectivity index (χ2v) is 6.02. The van der Waals surface area contributed by atoms with Gasteiger partial charge in [0, 0.05) is 22.6 Å². The molecule has 0 saturated carbocycles. The van der Waals surface area contributed by atoms with E-state index in [-0.39, 0.29) is 23.9 Å². The fourth-order valence-electron chi connectivity index (χ4n) is 2.03. The molecule has 98 valence electrons. The van der Waals surface area contributed by atoms with E-state index in [9.17, 15) is 4.79 Å². The highest BCUT2D eigenvalue weighted by molar-refractivity contribution is 7.99. The zero-order chi connectivity index (χ0) is 13.1. The van der Waals surface area contributed by atoms with Gasteiger partial charge in [-0.1, -0.05) is 25.1 Å². The first-order valence-electron chi connectivity index (χ1n) is 6.37. The maximum Gasteiger partial charge on any atom is 0.224 e. The molecule has 0 saturated heterocycles. The molecule has 1 aliphatic heterocycles. The van der Waals surface area contributed by atoms with E-state index in [1.807, 2.05) is 37.7 Å². The number of fused-ring (bicyclic) bond motifs is 1. The first kappa shape index (κ1) is 13.4. The normalized spacial score (nSPS) is 21.8. The fraction of sp³-hybridized carbons (Fsp3) is 0.500. The highest BCUT2D eigenvalue weighted by Gasteiger charge is 2.25. The Kier molecular flexibility index (Phi) is 4.30. The van der Waals surface area contributed by atoms with Crippen LogP contribution in [-0.4, -0.2) is 17.7 Å². The Morgan fingerprint density at radius 2 is 2.17 bits per heavy atom. The topological polar surface area (TPSA) is 55.1 Å². The number of carbonyl (C=O) groups excluding carboxylic acids is 1. The molecule has 0 fully saturated rings. The molecule has 3 atom stereocenters. The van der Waals surface area contributed by atoms with Crippen LogP contribution >= 0.6 is 11.8 Å². The van der Waals surface area contributed by atoms with Crippen LogP contribution in [0.15, 0.2) is 29.2 Å². The molecule has 2 rings (SSSR count). The van der Waals surface area contributed by atoms with Crippen LogP contribution in [0.4, 0.5) is 0 Å².